The van der Waals surface area contributed by atoms with Crippen LogP contribution < -0.4 is 5.73 Å². The molecule has 6 heteroatoms. The highest BCUT2D eigenvalue weighted by molar-refractivity contribution is 7.91. The van der Waals surface area contributed by atoms with Gasteiger partial charge in [-0.2, -0.15) is 4.31 Å². The highest BCUT2D eigenvalue weighted by Crippen LogP contribution is 2.31. The predicted octanol–water partition coefficient (Wildman–Crippen LogP) is 1.72. The Morgan fingerprint density at radius 3 is 2.78 bits per heavy atom. The van der Waals surface area contributed by atoms with Crippen LogP contribution in [0, 0.1) is 19.8 Å². The number of rotatable bonds is 3. The largest absolute Gasteiger partial charge is 0.330 e. The molecule has 0 aromatic carbocycles. The second-order valence-electron chi connectivity index (χ2n) is 4.93. The summed E-state index contributed by atoms with van der Waals surface area (Å²) in [6.45, 7) is 5.55. The molecule has 18 heavy (non-hydrogen) atoms. The van der Waals surface area contributed by atoms with Gasteiger partial charge in [0.15, 0.2) is 0 Å². The zero-order valence-corrected chi connectivity index (χ0v) is 12.5. The third-order valence-electron chi connectivity index (χ3n) is 3.38. The van der Waals surface area contributed by atoms with E-state index in [-0.39, 0.29) is 0 Å². The van der Waals surface area contributed by atoms with Crippen molar-refractivity contribution in [3.63, 3.8) is 0 Å². The molecular formula is C12H20N2O2S2. The van der Waals surface area contributed by atoms with E-state index in [0.29, 0.717) is 29.8 Å². The fourth-order valence-electron chi connectivity index (χ4n) is 2.43. The number of piperidine rings is 1. The van der Waals surface area contributed by atoms with E-state index in [0.717, 1.165) is 23.3 Å². The zero-order chi connectivity index (χ0) is 13.3. The fraction of sp³-hybridized carbons (Fsp3) is 0.667. The van der Waals surface area contributed by atoms with Crippen LogP contribution in [0.2, 0.25) is 0 Å². The summed E-state index contributed by atoms with van der Waals surface area (Å²) in [4.78, 5) is 1.04. The molecule has 2 rings (SSSR count). The lowest BCUT2D eigenvalue weighted by Gasteiger charge is -2.31. The molecule has 0 amide bonds. The van der Waals surface area contributed by atoms with Crippen molar-refractivity contribution in [1.29, 1.82) is 0 Å². The van der Waals surface area contributed by atoms with Crippen LogP contribution in [0.15, 0.2) is 10.3 Å². The van der Waals surface area contributed by atoms with Crippen LogP contribution >= 0.6 is 11.3 Å². The van der Waals surface area contributed by atoms with Gasteiger partial charge in [-0.15, -0.1) is 11.3 Å². The van der Waals surface area contributed by atoms with Crippen LogP contribution in [-0.4, -0.2) is 32.4 Å². The molecule has 1 saturated heterocycles. The fourth-order valence-corrected chi connectivity index (χ4v) is 5.79. The standard InChI is InChI=1S/C12H20N2O2S2/c1-9-6-10(2)17-12(9)18(15,16)14-5-3-4-11(7-13)8-14/h6,11H,3-5,7-8,13H2,1-2H3. The number of nitrogens with two attached hydrogens (primary N) is 1. The summed E-state index contributed by atoms with van der Waals surface area (Å²) in [6, 6.07) is 1.93. The van der Waals surface area contributed by atoms with Gasteiger partial charge in [0.2, 0.25) is 0 Å². The molecule has 1 atom stereocenters. The third kappa shape index (κ3) is 2.61. The van der Waals surface area contributed by atoms with Crippen molar-refractivity contribution >= 4 is 21.4 Å². The molecular weight excluding hydrogens is 268 g/mol. The van der Waals surface area contributed by atoms with Gasteiger partial charge in [-0.25, -0.2) is 8.42 Å². The summed E-state index contributed by atoms with van der Waals surface area (Å²) in [5.74, 6) is 0.301. The van der Waals surface area contributed by atoms with Gasteiger partial charge in [-0.3, -0.25) is 0 Å². The molecule has 1 aromatic heterocycles. The molecule has 2 N–H and O–H groups in total. The van der Waals surface area contributed by atoms with Gasteiger partial charge in [0.05, 0.1) is 0 Å². The van der Waals surface area contributed by atoms with Crippen molar-refractivity contribution < 1.29 is 8.42 Å². The molecule has 0 bridgehead atoms. The van der Waals surface area contributed by atoms with E-state index in [1.165, 1.54) is 11.3 Å². The molecule has 1 unspecified atom stereocenters. The van der Waals surface area contributed by atoms with Crippen molar-refractivity contribution in [3.05, 3.63) is 16.5 Å². The lowest BCUT2D eigenvalue weighted by Crippen LogP contribution is -2.41. The molecule has 0 aliphatic carbocycles. The maximum Gasteiger partial charge on any atom is 0.252 e. The first-order chi connectivity index (χ1) is 8.45. The van der Waals surface area contributed by atoms with E-state index in [1.807, 2.05) is 19.9 Å². The highest BCUT2D eigenvalue weighted by atomic mass is 32.2. The minimum atomic E-state index is -3.32. The average molecular weight is 288 g/mol. The molecule has 1 aliphatic rings. The van der Waals surface area contributed by atoms with E-state index in [2.05, 4.69) is 0 Å². The first-order valence-electron chi connectivity index (χ1n) is 6.22. The number of aryl methyl sites for hydroxylation is 2. The van der Waals surface area contributed by atoms with E-state index >= 15 is 0 Å². The van der Waals surface area contributed by atoms with Crippen LogP contribution in [0.5, 0.6) is 0 Å². The average Bonchev–Trinajstić information content (AvgIpc) is 2.69. The molecule has 0 radical (unpaired) electrons. The zero-order valence-electron chi connectivity index (χ0n) is 10.8. The molecule has 1 fully saturated rings. The maximum absolute atomic E-state index is 12.6. The lowest BCUT2D eigenvalue weighted by molar-refractivity contribution is 0.272. The second kappa shape index (κ2) is 5.28. The van der Waals surface area contributed by atoms with Gasteiger partial charge in [0.1, 0.15) is 4.21 Å². The van der Waals surface area contributed by atoms with Crippen molar-refractivity contribution in [3.8, 4) is 0 Å². The Morgan fingerprint density at radius 1 is 1.50 bits per heavy atom. The minimum Gasteiger partial charge on any atom is -0.330 e. The first kappa shape index (κ1) is 14.0. The van der Waals surface area contributed by atoms with Crippen molar-refractivity contribution in [2.24, 2.45) is 11.7 Å². The number of hydrogen-bond donors (Lipinski definition) is 1. The highest BCUT2D eigenvalue weighted by Gasteiger charge is 2.31. The topological polar surface area (TPSA) is 63.4 Å². The number of hydrogen-bond acceptors (Lipinski definition) is 4. The lowest BCUT2D eigenvalue weighted by atomic mass is 10.0. The molecule has 102 valence electrons. The van der Waals surface area contributed by atoms with Gasteiger partial charge in [0.25, 0.3) is 10.0 Å². The predicted molar refractivity (Wildman–Crippen MR) is 74.3 cm³/mol. The van der Waals surface area contributed by atoms with Gasteiger partial charge in [0, 0.05) is 18.0 Å². The summed E-state index contributed by atoms with van der Waals surface area (Å²) in [7, 11) is -3.32. The Morgan fingerprint density at radius 2 is 2.22 bits per heavy atom. The normalized spacial score (nSPS) is 22.3. The van der Waals surface area contributed by atoms with E-state index in [1.54, 1.807) is 4.31 Å². The molecule has 0 saturated carbocycles. The Hall–Kier alpha value is -0.430. The van der Waals surface area contributed by atoms with Crippen LogP contribution in [0.1, 0.15) is 23.3 Å². The monoisotopic (exact) mass is 288 g/mol. The Labute approximate surface area is 113 Å². The molecule has 4 nitrogen and oxygen atoms in total. The van der Waals surface area contributed by atoms with Crippen LogP contribution in [-0.2, 0) is 10.0 Å². The first-order valence-corrected chi connectivity index (χ1v) is 8.48. The van der Waals surface area contributed by atoms with Gasteiger partial charge >= 0.3 is 0 Å². The van der Waals surface area contributed by atoms with Crippen molar-refractivity contribution in [2.45, 2.75) is 30.9 Å². The van der Waals surface area contributed by atoms with Crippen molar-refractivity contribution in [1.82, 2.24) is 4.31 Å². The summed E-state index contributed by atoms with van der Waals surface area (Å²) in [5.41, 5.74) is 6.52. The van der Waals surface area contributed by atoms with Gasteiger partial charge in [-0.05, 0) is 50.8 Å². The summed E-state index contributed by atoms with van der Waals surface area (Å²) in [6.07, 6.45) is 1.94. The number of nitrogens with zero attached hydrogens (tertiary/aromatic N) is 1. The Kier molecular flexibility index (Phi) is 4.11. The molecule has 2 heterocycles. The van der Waals surface area contributed by atoms with E-state index < -0.39 is 10.0 Å². The third-order valence-corrected chi connectivity index (χ3v) is 7.02. The molecule has 0 spiro atoms. The Balaban J connectivity index is 2.28. The van der Waals surface area contributed by atoms with E-state index in [4.69, 9.17) is 5.73 Å². The molecule has 1 aromatic rings. The van der Waals surface area contributed by atoms with E-state index in [9.17, 15) is 8.42 Å². The number of sulfonamides is 1. The summed E-state index contributed by atoms with van der Waals surface area (Å²) in [5, 5.41) is 0. The minimum absolute atomic E-state index is 0.301. The van der Waals surface area contributed by atoms with Crippen molar-refractivity contribution in [2.75, 3.05) is 19.6 Å². The smallest absolute Gasteiger partial charge is 0.252 e. The SMILES string of the molecule is Cc1cc(C)c(S(=O)(=O)N2CCCC(CN)C2)s1. The summed E-state index contributed by atoms with van der Waals surface area (Å²) < 4.78 is 27.3. The second-order valence-corrected chi connectivity index (χ2v) is 8.32. The molecule has 1 aliphatic heterocycles. The Bertz CT molecular complexity index is 522. The van der Waals surface area contributed by atoms with Gasteiger partial charge < -0.3 is 5.73 Å². The summed E-state index contributed by atoms with van der Waals surface area (Å²) >= 11 is 1.36. The maximum atomic E-state index is 12.6. The number of thiophene rings is 1. The van der Waals surface area contributed by atoms with Crippen LogP contribution in [0.25, 0.3) is 0 Å². The van der Waals surface area contributed by atoms with Crippen LogP contribution in [0.4, 0.5) is 0 Å². The van der Waals surface area contributed by atoms with Crippen LogP contribution in [0.3, 0.4) is 0 Å². The quantitative estimate of drug-likeness (QED) is 0.921. The van der Waals surface area contributed by atoms with Gasteiger partial charge in [-0.1, -0.05) is 0 Å².